The lowest BCUT2D eigenvalue weighted by molar-refractivity contribution is -0.188. The number of benzene rings is 1. The number of carbonyl (C=O) groups excluding carboxylic acids is 1. The highest BCUT2D eigenvalue weighted by Gasteiger charge is 2.24. The third-order valence-electron chi connectivity index (χ3n) is 3.27. The SMILES string of the molecule is CC(=O)Nc1c(C)cccc1C(O)C(C)NC(O)OC(C)(C)C. The summed E-state index contributed by atoms with van der Waals surface area (Å²) in [6, 6.07) is 4.94. The number of anilines is 1. The van der Waals surface area contributed by atoms with Crippen LogP contribution in [0.15, 0.2) is 18.2 Å². The molecule has 0 aliphatic carbocycles. The van der Waals surface area contributed by atoms with Crippen LogP contribution in [-0.2, 0) is 9.53 Å². The lowest BCUT2D eigenvalue weighted by Crippen LogP contribution is -2.44. The topological polar surface area (TPSA) is 90.8 Å². The maximum absolute atomic E-state index is 11.4. The van der Waals surface area contributed by atoms with E-state index in [0.717, 1.165) is 5.56 Å². The zero-order valence-corrected chi connectivity index (χ0v) is 14.7. The number of rotatable bonds is 6. The number of ether oxygens (including phenoxy) is 1. The molecule has 0 heterocycles. The van der Waals surface area contributed by atoms with E-state index >= 15 is 0 Å². The molecule has 3 unspecified atom stereocenters. The van der Waals surface area contributed by atoms with E-state index in [9.17, 15) is 15.0 Å². The van der Waals surface area contributed by atoms with Crippen LogP contribution in [0.4, 0.5) is 5.69 Å². The first-order valence-electron chi connectivity index (χ1n) is 7.68. The summed E-state index contributed by atoms with van der Waals surface area (Å²) >= 11 is 0. The van der Waals surface area contributed by atoms with Gasteiger partial charge in [-0.25, -0.2) is 0 Å². The average Bonchev–Trinajstić information content (AvgIpc) is 2.37. The fourth-order valence-electron chi connectivity index (χ4n) is 2.24. The molecule has 6 heteroatoms. The van der Waals surface area contributed by atoms with Gasteiger partial charge < -0.3 is 20.3 Å². The molecule has 0 bridgehead atoms. The number of amides is 1. The highest BCUT2D eigenvalue weighted by atomic mass is 16.6. The quantitative estimate of drug-likeness (QED) is 0.601. The zero-order chi connectivity index (χ0) is 17.8. The molecule has 4 N–H and O–H groups in total. The Balaban J connectivity index is 2.90. The molecule has 130 valence electrons. The van der Waals surface area contributed by atoms with Crippen LogP contribution in [0.25, 0.3) is 0 Å². The first-order chi connectivity index (χ1) is 10.5. The van der Waals surface area contributed by atoms with E-state index in [2.05, 4.69) is 10.6 Å². The third-order valence-corrected chi connectivity index (χ3v) is 3.27. The van der Waals surface area contributed by atoms with Gasteiger partial charge in [0.1, 0.15) is 0 Å². The average molecular weight is 324 g/mol. The van der Waals surface area contributed by atoms with Crippen LogP contribution in [0.2, 0.25) is 0 Å². The van der Waals surface area contributed by atoms with Gasteiger partial charge in [-0.15, -0.1) is 0 Å². The number of aliphatic hydroxyl groups is 2. The van der Waals surface area contributed by atoms with Gasteiger partial charge in [-0.05, 0) is 40.2 Å². The van der Waals surface area contributed by atoms with E-state index in [0.29, 0.717) is 11.3 Å². The summed E-state index contributed by atoms with van der Waals surface area (Å²) in [5, 5.41) is 26.0. The minimum absolute atomic E-state index is 0.204. The fraction of sp³-hybridized carbons (Fsp3) is 0.588. The van der Waals surface area contributed by atoms with Crippen molar-refractivity contribution in [2.75, 3.05) is 5.32 Å². The zero-order valence-electron chi connectivity index (χ0n) is 14.7. The highest BCUT2D eigenvalue weighted by molar-refractivity contribution is 5.90. The largest absolute Gasteiger partial charge is 0.387 e. The van der Waals surface area contributed by atoms with Crippen molar-refractivity contribution in [3.63, 3.8) is 0 Å². The predicted molar refractivity (Wildman–Crippen MR) is 89.9 cm³/mol. The molecule has 0 saturated heterocycles. The molecular weight excluding hydrogens is 296 g/mol. The molecule has 0 aliphatic heterocycles. The van der Waals surface area contributed by atoms with E-state index in [-0.39, 0.29) is 5.91 Å². The smallest absolute Gasteiger partial charge is 0.221 e. The van der Waals surface area contributed by atoms with Gasteiger partial charge in [0, 0.05) is 24.2 Å². The van der Waals surface area contributed by atoms with Gasteiger partial charge in [-0.1, -0.05) is 18.2 Å². The van der Waals surface area contributed by atoms with Gasteiger partial charge >= 0.3 is 0 Å². The molecule has 1 rings (SSSR count). The van der Waals surface area contributed by atoms with E-state index in [4.69, 9.17) is 4.74 Å². The van der Waals surface area contributed by atoms with Gasteiger partial charge in [0.25, 0.3) is 0 Å². The van der Waals surface area contributed by atoms with Crippen molar-refractivity contribution in [1.82, 2.24) is 5.32 Å². The molecule has 23 heavy (non-hydrogen) atoms. The van der Waals surface area contributed by atoms with Crippen LogP contribution in [0.5, 0.6) is 0 Å². The van der Waals surface area contributed by atoms with Crippen LogP contribution in [-0.4, -0.2) is 34.2 Å². The summed E-state index contributed by atoms with van der Waals surface area (Å²) in [4.78, 5) is 11.4. The van der Waals surface area contributed by atoms with Gasteiger partial charge in [0.15, 0.2) is 0 Å². The molecule has 3 atom stereocenters. The maximum atomic E-state index is 11.4. The molecule has 0 radical (unpaired) electrons. The summed E-state index contributed by atoms with van der Waals surface area (Å²) in [5.41, 5.74) is 1.52. The number of aliphatic hydroxyl groups excluding tert-OH is 2. The van der Waals surface area contributed by atoms with Gasteiger partial charge in [-0.3, -0.25) is 10.1 Å². The first kappa shape index (κ1) is 19.6. The molecule has 1 amide bonds. The lowest BCUT2D eigenvalue weighted by Gasteiger charge is -2.29. The minimum Gasteiger partial charge on any atom is -0.387 e. The van der Waals surface area contributed by atoms with Gasteiger partial charge in [0.05, 0.1) is 11.7 Å². The Bertz CT molecular complexity index is 540. The van der Waals surface area contributed by atoms with Crippen molar-refractivity contribution in [2.24, 2.45) is 0 Å². The second-order valence-electron chi connectivity index (χ2n) is 6.70. The molecule has 0 spiro atoms. The number of para-hydroxylation sites is 1. The Morgan fingerprint density at radius 2 is 1.87 bits per heavy atom. The number of nitrogens with one attached hydrogen (secondary N) is 2. The standard InChI is InChI=1S/C17H28N2O4/c1-10-8-7-9-13(14(10)19-12(3)20)15(21)11(2)18-16(22)23-17(4,5)6/h7-9,11,15-16,18,21-22H,1-6H3,(H,19,20). The molecule has 1 aromatic carbocycles. The Morgan fingerprint density at radius 3 is 2.39 bits per heavy atom. The fourth-order valence-corrected chi connectivity index (χ4v) is 2.24. The van der Waals surface area contributed by atoms with Crippen LogP contribution < -0.4 is 10.6 Å². The highest BCUT2D eigenvalue weighted by Crippen LogP contribution is 2.28. The summed E-state index contributed by atoms with van der Waals surface area (Å²) in [5.74, 6) is -0.204. The van der Waals surface area contributed by atoms with Gasteiger partial charge in [0.2, 0.25) is 12.3 Å². The van der Waals surface area contributed by atoms with Crippen molar-refractivity contribution >= 4 is 11.6 Å². The Hall–Kier alpha value is -1.47. The lowest BCUT2D eigenvalue weighted by atomic mass is 9.98. The predicted octanol–water partition coefficient (Wildman–Crippen LogP) is 2.06. The number of carbonyl (C=O) groups is 1. The summed E-state index contributed by atoms with van der Waals surface area (Å²) in [7, 11) is 0. The Labute approximate surface area is 137 Å². The monoisotopic (exact) mass is 324 g/mol. The third kappa shape index (κ3) is 6.27. The van der Waals surface area contributed by atoms with Crippen molar-refractivity contribution < 1.29 is 19.7 Å². The molecular formula is C17H28N2O4. The number of aryl methyl sites for hydroxylation is 1. The maximum Gasteiger partial charge on any atom is 0.221 e. The first-order valence-corrected chi connectivity index (χ1v) is 7.68. The van der Waals surface area contributed by atoms with Crippen molar-refractivity contribution in [1.29, 1.82) is 0 Å². The van der Waals surface area contributed by atoms with Crippen LogP contribution in [0.3, 0.4) is 0 Å². The minimum atomic E-state index is -1.20. The van der Waals surface area contributed by atoms with Crippen molar-refractivity contribution in [2.45, 2.75) is 65.7 Å². The van der Waals surface area contributed by atoms with E-state index in [1.807, 2.05) is 39.8 Å². The van der Waals surface area contributed by atoms with Crippen LogP contribution >= 0.6 is 0 Å². The number of hydrogen-bond donors (Lipinski definition) is 4. The molecule has 1 aromatic rings. The molecule has 0 fully saturated rings. The summed E-state index contributed by atoms with van der Waals surface area (Å²) in [6.07, 6.45) is -2.12. The van der Waals surface area contributed by atoms with E-state index in [1.165, 1.54) is 6.92 Å². The van der Waals surface area contributed by atoms with E-state index in [1.54, 1.807) is 13.0 Å². The van der Waals surface area contributed by atoms with E-state index < -0.39 is 24.2 Å². The van der Waals surface area contributed by atoms with Gasteiger partial charge in [-0.2, -0.15) is 0 Å². The van der Waals surface area contributed by atoms with Crippen molar-refractivity contribution in [3.05, 3.63) is 29.3 Å². The Morgan fingerprint density at radius 1 is 1.26 bits per heavy atom. The molecule has 0 saturated carbocycles. The molecule has 6 nitrogen and oxygen atoms in total. The summed E-state index contributed by atoms with van der Waals surface area (Å²) < 4.78 is 5.38. The van der Waals surface area contributed by atoms with Crippen LogP contribution in [0, 0.1) is 6.92 Å². The molecule has 0 aliphatic rings. The normalized spacial score (nSPS) is 15.8. The second kappa shape index (κ2) is 7.88. The Kier molecular flexibility index (Phi) is 6.70. The van der Waals surface area contributed by atoms with Crippen LogP contribution in [0.1, 0.15) is 51.8 Å². The molecule has 0 aromatic heterocycles. The van der Waals surface area contributed by atoms with Crippen molar-refractivity contribution in [3.8, 4) is 0 Å². The summed E-state index contributed by atoms with van der Waals surface area (Å²) in [6.45, 7) is 10.5. The number of hydrogen-bond acceptors (Lipinski definition) is 5. The second-order valence-corrected chi connectivity index (χ2v) is 6.70.